The third-order valence-corrected chi connectivity index (χ3v) is 4.67. The summed E-state index contributed by atoms with van der Waals surface area (Å²) in [7, 11) is -2.88. The van der Waals surface area contributed by atoms with Crippen molar-refractivity contribution in [3.05, 3.63) is 0 Å². The van der Waals surface area contributed by atoms with Crippen LogP contribution in [-0.2, 0) is 14.6 Å². The van der Waals surface area contributed by atoms with Crippen molar-refractivity contribution in [1.82, 2.24) is 10.2 Å². The van der Waals surface area contributed by atoms with E-state index in [0.29, 0.717) is 13.1 Å². The maximum absolute atomic E-state index is 11.9. The molecule has 15 heavy (non-hydrogen) atoms. The van der Waals surface area contributed by atoms with E-state index in [-0.39, 0.29) is 23.3 Å². The first-order chi connectivity index (χ1) is 7.08. The van der Waals surface area contributed by atoms with Gasteiger partial charge >= 0.3 is 0 Å². The van der Waals surface area contributed by atoms with Crippen LogP contribution < -0.4 is 5.32 Å². The number of carbonyl (C=O) groups excluding carboxylic acids is 1. The van der Waals surface area contributed by atoms with E-state index in [9.17, 15) is 13.2 Å². The fraction of sp³-hybridized carbons (Fsp3) is 0.889. The summed E-state index contributed by atoms with van der Waals surface area (Å²) < 4.78 is 22.4. The molecule has 86 valence electrons. The van der Waals surface area contributed by atoms with Crippen molar-refractivity contribution < 1.29 is 13.2 Å². The lowest BCUT2D eigenvalue weighted by molar-refractivity contribution is -0.134. The van der Waals surface area contributed by atoms with Gasteiger partial charge in [-0.3, -0.25) is 4.79 Å². The first kappa shape index (κ1) is 10.9. The molecule has 2 rings (SSSR count). The smallest absolute Gasteiger partial charge is 0.227 e. The molecule has 2 aliphatic rings. The molecule has 2 fully saturated rings. The lowest BCUT2D eigenvalue weighted by atomic mass is 10.1. The van der Waals surface area contributed by atoms with Crippen LogP contribution in [0.5, 0.6) is 0 Å². The Morgan fingerprint density at radius 1 is 1.27 bits per heavy atom. The van der Waals surface area contributed by atoms with Gasteiger partial charge < -0.3 is 10.2 Å². The zero-order valence-electron chi connectivity index (χ0n) is 8.61. The molecule has 1 unspecified atom stereocenters. The Labute approximate surface area is 89.7 Å². The van der Waals surface area contributed by atoms with Crippen LogP contribution in [0.2, 0.25) is 0 Å². The number of amides is 1. The number of nitrogens with zero attached hydrogens (tertiary/aromatic N) is 1. The van der Waals surface area contributed by atoms with Gasteiger partial charge in [-0.1, -0.05) is 0 Å². The third kappa shape index (κ3) is 2.49. The minimum Gasteiger partial charge on any atom is -0.340 e. The molecule has 1 N–H and O–H groups in total. The Balaban J connectivity index is 1.92. The molecule has 0 bridgehead atoms. The lowest BCUT2D eigenvalue weighted by Crippen LogP contribution is -2.46. The lowest BCUT2D eigenvalue weighted by Gasteiger charge is -2.28. The van der Waals surface area contributed by atoms with E-state index in [1.54, 1.807) is 4.90 Å². The number of rotatable bonds is 1. The molecule has 1 atom stereocenters. The topological polar surface area (TPSA) is 66.5 Å². The zero-order valence-corrected chi connectivity index (χ0v) is 9.42. The minimum atomic E-state index is -2.88. The molecule has 1 amide bonds. The maximum Gasteiger partial charge on any atom is 0.227 e. The van der Waals surface area contributed by atoms with Crippen LogP contribution in [0.15, 0.2) is 0 Å². The van der Waals surface area contributed by atoms with Gasteiger partial charge in [0.15, 0.2) is 9.84 Å². The zero-order chi connectivity index (χ0) is 10.9. The second kappa shape index (κ2) is 4.09. The van der Waals surface area contributed by atoms with Crippen LogP contribution >= 0.6 is 0 Å². The van der Waals surface area contributed by atoms with E-state index >= 15 is 0 Å². The molecule has 0 radical (unpaired) electrons. The number of hydrogen-bond donors (Lipinski definition) is 1. The van der Waals surface area contributed by atoms with Crippen LogP contribution in [-0.4, -0.2) is 56.9 Å². The van der Waals surface area contributed by atoms with Crippen molar-refractivity contribution in [3.63, 3.8) is 0 Å². The van der Waals surface area contributed by atoms with E-state index in [1.165, 1.54) is 0 Å². The van der Waals surface area contributed by atoms with Gasteiger partial charge in [-0.2, -0.15) is 0 Å². The fourth-order valence-electron chi connectivity index (χ4n) is 2.06. The highest BCUT2D eigenvalue weighted by molar-refractivity contribution is 7.91. The Hall–Kier alpha value is -0.620. The molecule has 2 saturated heterocycles. The van der Waals surface area contributed by atoms with Crippen molar-refractivity contribution in [3.8, 4) is 0 Å². The molecule has 0 aliphatic carbocycles. The van der Waals surface area contributed by atoms with Gasteiger partial charge in [0.2, 0.25) is 5.91 Å². The van der Waals surface area contributed by atoms with Crippen LogP contribution in [0.1, 0.15) is 6.42 Å². The standard InChI is InChI=1S/C9H16N2O3S/c12-9(8-1-2-10-7-8)11-3-5-15(13,14)6-4-11/h8,10H,1-7H2. The Bertz CT molecular complexity index is 332. The van der Waals surface area contributed by atoms with Crippen molar-refractivity contribution in [2.75, 3.05) is 37.7 Å². The number of carbonyl (C=O) groups is 1. The quantitative estimate of drug-likeness (QED) is 0.620. The third-order valence-electron chi connectivity index (χ3n) is 3.07. The summed E-state index contributed by atoms with van der Waals surface area (Å²) in [4.78, 5) is 13.6. The number of sulfone groups is 1. The fourth-order valence-corrected chi connectivity index (χ4v) is 3.26. The summed E-state index contributed by atoms with van der Waals surface area (Å²) in [5.74, 6) is 0.429. The van der Waals surface area contributed by atoms with Crippen LogP contribution in [0.25, 0.3) is 0 Å². The summed E-state index contributed by atoms with van der Waals surface area (Å²) in [6.45, 7) is 2.37. The summed E-state index contributed by atoms with van der Waals surface area (Å²) >= 11 is 0. The molecule has 5 nitrogen and oxygen atoms in total. The van der Waals surface area contributed by atoms with E-state index in [2.05, 4.69) is 5.32 Å². The minimum absolute atomic E-state index is 0.0609. The summed E-state index contributed by atoms with van der Waals surface area (Å²) in [6, 6.07) is 0. The highest BCUT2D eigenvalue weighted by atomic mass is 32.2. The van der Waals surface area contributed by atoms with Crippen LogP contribution in [0.4, 0.5) is 0 Å². The predicted molar refractivity (Wildman–Crippen MR) is 56.2 cm³/mol. The molecule has 0 aromatic heterocycles. The average molecular weight is 232 g/mol. The van der Waals surface area contributed by atoms with Gasteiger partial charge in [-0.25, -0.2) is 8.42 Å². The first-order valence-electron chi connectivity index (χ1n) is 5.28. The normalized spacial score (nSPS) is 30.4. The Morgan fingerprint density at radius 3 is 2.47 bits per heavy atom. The van der Waals surface area contributed by atoms with Gasteiger partial charge in [0.05, 0.1) is 17.4 Å². The summed E-state index contributed by atoms with van der Waals surface area (Å²) in [6.07, 6.45) is 0.877. The summed E-state index contributed by atoms with van der Waals surface area (Å²) in [5.41, 5.74) is 0. The van der Waals surface area contributed by atoms with E-state index < -0.39 is 9.84 Å². The molecule has 0 aromatic carbocycles. The van der Waals surface area contributed by atoms with E-state index in [4.69, 9.17) is 0 Å². The summed E-state index contributed by atoms with van der Waals surface area (Å²) in [5, 5.41) is 3.14. The second-order valence-corrected chi connectivity index (χ2v) is 6.47. The van der Waals surface area contributed by atoms with Gasteiger partial charge in [-0.15, -0.1) is 0 Å². The van der Waals surface area contributed by atoms with Gasteiger partial charge in [0.25, 0.3) is 0 Å². The van der Waals surface area contributed by atoms with E-state index in [0.717, 1.165) is 19.5 Å². The van der Waals surface area contributed by atoms with Crippen molar-refractivity contribution in [1.29, 1.82) is 0 Å². The highest BCUT2D eigenvalue weighted by Gasteiger charge is 2.30. The largest absolute Gasteiger partial charge is 0.340 e. The molecule has 2 heterocycles. The SMILES string of the molecule is O=C(C1CCNC1)N1CCS(=O)(=O)CC1. The van der Waals surface area contributed by atoms with Crippen molar-refractivity contribution >= 4 is 15.7 Å². The van der Waals surface area contributed by atoms with Gasteiger partial charge in [0.1, 0.15) is 0 Å². The molecule has 2 aliphatic heterocycles. The number of nitrogens with one attached hydrogen (secondary N) is 1. The monoisotopic (exact) mass is 232 g/mol. The predicted octanol–water partition coefficient (Wildman–Crippen LogP) is -1.15. The average Bonchev–Trinajstić information content (AvgIpc) is 2.69. The molecule has 0 aromatic rings. The molecule has 0 spiro atoms. The molecule has 0 saturated carbocycles. The van der Waals surface area contributed by atoms with E-state index in [1.807, 2.05) is 0 Å². The van der Waals surface area contributed by atoms with Gasteiger partial charge in [0, 0.05) is 19.6 Å². The molecular formula is C9H16N2O3S. The van der Waals surface area contributed by atoms with Crippen LogP contribution in [0, 0.1) is 5.92 Å². The molecule has 6 heteroatoms. The maximum atomic E-state index is 11.9. The molecular weight excluding hydrogens is 216 g/mol. The van der Waals surface area contributed by atoms with Crippen molar-refractivity contribution in [2.45, 2.75) is 6.42 Å². The second-order valence-electron chi connectivity index (χ2n) is 4.17. The Morgan fingerprint density at radius 2 is 1.93 bits per heavy atom. The Kier molecular flexibility index (Phi) is 2.97. The van der Waals surface area contributed by atoms with Gasteiger partial charge in [-0.05, 0) is 13.0 Å². The van der Waals surface area contributed by atoms with Crippen molar-refractivity contribution in [2.24, 2.45) is 5.92 Å². The first-order valence-corrected chi connectivity index (χ1v) is 7.10. The highest BCUT2D eigenvalue weighted by Crippen LogP contribution is 2.14. The van der Waals surface area contributed by atoms with Crippen LogP contribution in [0.3, 0.4) is 0 Å². The number of hydrogen-bond acceptors (Lipinski definition) is 4.